The molecule has 0 atom stereocenters. The zero-order valence-electron chi connectivity index (χ0n) is 13.5. The molecule has 0 unspecified atom stereocenters. The number of benzene rings is 2. The quantitative estimate of drug-likeness (QED) is 0.734. The third-order valence-electron chi connectivity index (χ3n) is 4.15. The third kappa shape index (κ3) is 4.33. The van der Waals surface area contributed by atoms with E-state index in [-0.39, 0.29) is 11.7 Å². The molecule has 1 aliphatic heterocycles. The van der Waals surface area contributed by atoms with Crippen molar-refractivity contribution in [1.29, 1.82) is 0 Å². The van der Waals surface area contributed by atoms with Gasteiger partial charge in [-0.2, -0.15) is 0 Å². The molecule has 1 amide bonds. The Hall–Kier alpha value is -2.04. The molecule has 2 aromatic carbocycles. The Labute approximate surface area is 156 Å². The number of anilines is 1. The number of carbonyl (C=O) groups excluding carboxylic acids is 1. The van der Waals surface area contributed by atoms with Gasteiger partial charge in [-0.3, -0.25) is 4.79 Å². The van der Waals surface area contributed by atoms with Crippen LogP contribution in [0.1, 0.15) is 5.56 Å². The Kier molecular flexibility index (Phi) is 5.61. The minimum atomic E-state index is -0.234. The fraction of sp³-hybridized carbons (Fsp3) is 0.211. The molecule has 0 saturated carbocycles. The average molecular weight is 379 g/mol. The maximum absolute atomic E-state index is 13.8. The number of piperazine rings is 1. The van der Waals surface area contributed by atoms with Crippen LogP contribution in [0.4, 0.5) is 10.1 Å². The lowest BCUT2D eigenvalue weighted by Crippen LogP contribution is -2.48. The molecule has 0 bridgehead atoms. The predicted molar refractivity (Wildman–Crippen MR) is 101 cm³/mol. The Morgan fingerprint density at radius 3 is 2.40 bits per heavy atom. The highest BCUT2D eigenvalue weighted by Crippen LogP contribution is 2.23. The van der Waals surface area contributed by atoms with Crippen LogP contribution in [-0.2, 0) is 4.79 Å². The zero-order valence-corrected chi connectivity index (χ0v) is 15.0. The number of halogens is 3. The summed E-state index contributed by atoms with van der Waals surface area (Å²) in [5.74, 6) is -0.305. The van der Waals surface area contributed by atoms with Crippen molar-refractivity contribution < 1.29 is 9.18 Å². The molecular weight excluding hydrogens is 362 g/mol. The second-order valence-corrected chi connectivity index (χ2v) is 6.59. The van der Waals surface area contributed by atoms with Crippen molar-refractivity contribution in [2.75, 3.05) is 31.1 Å². The van der Waals surface area contributed by atoms with Crippen LogP contribution in [0.3, 0.4) is 0 Å². The number of carbonyl (C=O) groups is 1. The van der Waals surface area contributed by atoms with E-state index in [2.05, 4.69) is 0 Å². The van der Waals surface area contributed by atoms with E-state index in [1.54, 1.807) is 41.3 Å². The number of hydrogen-bond acceptors (Lipinski definition) is 2. The van der Waals surface area contributed by atoms with E-state index in [1.807, 2.05) is 11.0 Å². The predicted octanol–water partition coefficient (Wildman–Crippen LogP) is 4.49. The fourth-order valence-corrected chi connectivity index (χ4v) is 3.07. The molecule has 6 heteroatoms. The minimum absolute atomic E-state index is 0.0701. The van der Waals surface area contributed by atoms with Crippen LogP contribution in [0.2, 0.25) is 10.0 Å². The molecule has 0 aliphatic carbocycles. The number of rotatable bonds is 3. The van der Waals surface area contributed by atoms with Gasteiger partial charge in [0.2, 0.25) is 5.91 Å². The standard InChI is InChI=1S/C19H17Cl2FN2O/c20-15-7-5-14(13-16(15)21)6-8-19(25)24-11-9-23(10-12-24)18-4-2-1-3-17(18)22/h1-8,13H,9-12H2. The van der Waals surface area contributed by atoms with E-state index in [0.29, 0.717) is 41.9 Å². The molecule has 3 rings (SSSR count). The summed E-state index contributed by atoms with van der Waals surface area (Å²) in [4.78, 5) is 16.0. The van der Waals surface area contributed by atoms with Gasteiger partial charge in [-0.05, 0) is 35.9 Å². The average Bonchev–Trinajstić information content (AvgIpc) is 2.63. The molecule has 1 heterocycles. The number of hydrogen-bond donors (Lipinski definition) is 0. The highest BCUT2D eigenvalue weighted by atomic mass is 35.5. The van der Waals surface area contributed by atoms with Crippen molar-refractivity contribution in [1.82, 2.24) is 4.90 Å². The molecule has 130 valence electrons. The van der Waals surface area contributed by atoms with Crippen LogP contribution < -0.4 is 4.90 Å². The summed E-state index contributed by atoms with van der Waals surface area (Å²) in [6, 6.07) is 11.9. The molecule has 3 nitrogen and oxygen atoms in total. The van der Waals surface area contributed by atoms with Gasteiger partial charge in [0.15, 0.2) is 0 Å². The molecule has 2 aromatic rings. The monoisotopic (exact) mass is 378 g/mol. The Morgan fingerprint density at radius 2 is 1.72 bits per heavy atom. The first-order valence-electron chi connectivity index (χ1n) is 7.96. The first-order chi connectivity index (χ1) is 12.0. The number of para-hydroxylation sites is 1. The van der Waals surface area contributed by atoms with Crippen LogP contribution in [0, 0.1) is 5.82 Å². The molecule has 25 heavy (non-hydrogen) atoms. The molecule has 1 fully saturated rings. The summed E-state index contributed by atoms with van der Waals surface area (Å²) in [6.07, 6.45) is 3.24. The second kappa shape index (κ2) is 7.89. The Balaban J connectivity index is 1.59. The lowest BCUT2D eigenvalue weighted by molar-refractivity contribution is -0.126. The van der Waals surface area contributed by atoms with Gasteiger partial charge in [0.1, 0.15) is 5.82 Å². The van der Waals surface area contributed by atoms with Crippen molar-refractivity contribution in [3.05, 3.63) is 70.0 Å². The minimum Gasteiger partial charge on any atom is -0.366 e. The van der Waals surface area contributed by atoms with Gasteiger partial charge >= 0.3 is 0 Å². The van der Waals surface area contributed by atoms with E-state index in [1.165, 1.54) is 12.1 Å². The second-order valence-electron chi connectivity index (χ2n) is 5.77. The van der Waals surface area contributed by atoms with Crippen LogP contribution in [-0.4, -0.2) is 37.0 Å². The molecular formula is C19H17Cl2FN2O. The summed E-state index contributed by atoms with van der Waals surface area (Å²) >= 11 is 11.8. The topological polar surface area (TPSA) is 23.6 Å². The van der Waals surface area contributed by atoms with E-state index in [9.17, 15) is 9.18 Å². The van der Waals surface area contributed by atoms with E-state index >= 15 is 0 Å². The van der Waals surface area contributed by atoms with Crippen molar-refractivity contribution in [2.45, 2.75) is 0 Å². The summed E-state index contributed by atoms with van der Waals surface area (Å²) in [7, 11) is 0. The van der Waals surface area contributed by atoms with Gasteiger partial charge < -0.3 is 9.80 Å². The molecule has 0 N–H and O–H groups in total. The molecule has 0 aromatic heterocycles. The van der Waals surface area contributed by atoms with Crippen LogP contribution in [0.15, 0.2) is 48.5 Å². The lowest BCUT2D eigenvalue weighted by Gasteiger charge is -2.35. The Bertz CT molecular complexity index is 802. The van der Waals surface area contributed by atoms with E-state index in [4.69, 9.17) is 23.2 Å². The van der Waals surface area contributed by atoms with Gasteiger partial charge in [0, 0.05) is 32.3 Å². The maximum atomic E-state index is 13.8. The van der Waals surface area contributed by atoms with E-state index < -0.39 is 0 Å². The highest BCUT2D eigenvalue weighted by molar-refractivity contribution is 6.42. The highest BCUT2D eigenvalue weighted by Gasteiger charge is 2.21. The van der Waals surface area contributed by atoms with E-state index in [0.717, 1.165) is 5.56 Å². The fourth-order valence-electron chi connectivity index (χ4n) is 2.76. The van der Waals surface area contributed by atoms with Gasteiger partial charge in [-0.25, -0.2) is 4.39 Å². The Morgan fingerprint density at radius 1 is 1.00 bits per heavy atom. The van der Waals surface area contributed by atoms with Gasteiger partial charge in [0.05, 0.1) is 15.7 Å². The van der Waals surface area contributed by atoms with Crippen LogP contribution >= 0.6 is 23.2 Å². The normalized spacial score (nSPS) is 15.0. The molecule has 1 aliphatic rings. The maximum Gasteiger partial charge on any atom is 0.246 e. The van der Waals surface area contributed by atoms with Crippen LogP contribution in [0.5, 0.6) is 0 Å². The largest absolute Gasteiger partial charge is 0.366 e. The number of nitrogens with zero attached hydrogens (tertiary/aromatic N) is 2. The SMILES string of the molecule is O=C(C=Cc1ccc(Cl)c(Cl)c1)N1CCN(c2ccccc2F)CC1. The van der Waals surface area contributed by atoms with Crippen molar-refractivity contribution in [2.24, 2.45) is 0 Å². The summed E-state index contributed by atoms with van der Waals surface area (Å²) in [5.41, 5.74) is 1.40. The third-order valence-corrected chi connectivity index (χ3v) is 4.89. The summed E-state index contributed by atoms with van der Waals surface area (Å²) in [6.45, 7) is 2.32. The van der Waals surface area contributed by atoms with Crippen molar-refractivity contribution in [3.8, 4) is 0 Å². The molecule has 0 radical (unpaired) electrons. The molecule has 0 spiro atoms. The first-order valence-corrected chi connectivity index (χ1v) is 8.72. The summed E-state index contributed by atoms with van der Waals surface area (Å²) in [5, 5.41) is 0.934. The van der Waals surface area contributed by atoms with Gasteiger partial charge in [0.25, 0.3) is 0 Å². The smallest absolute Gasteiger partial charge is 0.246 e. The van der Waals surface area contributed by atoms with Crippen molar-refractivity contribution in [3.63, 3.8) is 0 Å². The van der Waals surface area contributed by atoms with Gasteiger partial charge in [-0.1, -0.05) is 41.4 Å². The zero-order chi connectivity index (χ0) is 17.8. The van der Waals surface area contributed by atoms with Gasteiger partial charge in [-0.15, -0.1) is 0 Å². The van der Waals surface area contributed by atoms with Crippen molar-refractivity contribution >= 4 is 40.9 Å². The first kappa shape index (κ1) is 17.8. The summed E-state index contributed by atoms with van der Waals surface area (Å²) < 4.78 is 13.8. The van der Waals surface area contributed by atoms with Crippen LogP contribution in [0.25, 0.3) is 6.08 Å². The number of amides is 1. The molecule has 1 saturated heterocycles. The lowest BCUT2D eigenvalue weighted by atomic mass is 10.2.